The summed E-state index contributed by atoms with van der Waals surface area (Å²) in [6.07, 6.45) is 1.04. The van der Waals surface area contributed by atoms with Gasteiger partial charge in [-0.05, 0) is 49.2 Å². The topological polar surface area (TPSA) is 69.6 Å². The van der Waals surface area contributed by atoms with Crippen molar-refractivity contribution in [3.8, 4) is 5.75 Å². The number of hydrogen-bond acceptors (Lipinski definition) is 4. The zero-order valence-electron chi connectivity index (χ0n) is 15.0. The molecular formula is C20H20F2N2O3S. The van der Waals surface area contributed by atoms with Crippen LogP contribution in [0.5, 0.6) is 5.75 Å². The van der Waals surface area contributed by atoms with Crippen LogP contribution >= 0.6 is 11.8 Å². The maximum absolute atomic E-state index is 12.6. The third-order valence-electron chi connectivity index (χ3n) is 4.64. The van der Waals surface area contributed by atoms with Crippen molar-refractivity contribution < 1.29 is 23.5 Å². The number of hydrogen-bond donors (Lipinski definition) is 2. The van der Waals surface area contributed by atoms with E-state index in [0.29, 0.717) is 53.8 Å². The summed E-state index contributed by atoms with van der Waals surface area (Å²) < 4.78 is 24.7. The Balaban J connectivity index is 1.53. The summed E-state index contributed by atoms with van der Waals surface area (Å²) in [4.78, 5) is 27.1. The van der Waals surface area contributed by atoms with Gasteiger partial charge in [-0.1, -0.05) is 23.9 Å². The van der Waals surface area contributed by atoms with Crippen LogP contribution in [0.1, 0.15) is 23.2 Å². The van der Waals surface area contributed by atoms with E-state index in [1.807, 2.05) is 0 Å². The number of anilines is 1. The number of phenolic OH excluding ortho intramolecular Hbond substituents is 1. The number of halogens is 2. The Morgan fingerprint density at radius 2 is 1.71 bits per heavy atom. The minimum absolute atomic E-state index is 0.0110. The van der Waals surface area contributed by atoms with Gasteiger partial charge >= 0.3 is 0 Å². The van der Waals surface area contributed by atoms with Crippen LogP contribution in [0.3, 0.4) is 0 Å². The molecule has 28 heavy (non-hydrogen) atoms. The molecule has 2 amide bonds. The van der Waals surface area contributed by atoms with E-state index in [2.05, 4.69) is 5.32 Å². The van der Waals surface area contributed by atoms with Crippen molar-refractivity contribution >= 4 is 29.3 Å². The average molecular weight is 406 g/mol. The van der Waals surface area contributed by atoms with Crippen LogP contribution in [0, 0.1) is 5.92 Å². The van der Waals surface area contributed by atoms with Crippen molar-refractivity contribution in [2.24, 2.45) is 5.92 Å². The number of carbonyl (C=O) groups is 2. The number of thioether (sulfide) groups is 1. The van der Waals surface area contributed by atoms with Crippen molar-refractivity contribution in [2.45, 2.75) is 23.5 Å². The highest BCUT2D eigenvalue weighted by Gasteiger charge is 2.28. The van der Waals surface area contributed by atoms with Crippen LogP contribution in [0.25, 0.3) is 0 Å². The van der Waals surface area contributed by atoms with E-state index < -0.39 is 5.76 Å². The van der Waals surface area contributed by atoms with Gasteiger partial charge in [-0.2, -0.15) is 8.78 Å². The van der Waals surface area contributed by atoms with E-state index in [9.17, 15) is 23.5 Å². The molecule has 0 atom stereocenters. The fourth-order valence-electron chi connectivity index (χ4n) is 3.12. The Hall–Kier alpha value is -2.61. The van der Waals surface area contributed by atoms with E-state index in [1.165, 1.54) is 18.2 Å². The third kappa shape index (κ3) is 5.01. The number of alkyl halides is 2. The van der Waals surface area contributed by atoms with Crippen LogP contribution in [-0.2, 0) is 4.79 Å². The molecule has 0 aliphatic carbocycles. The molecule has 3 rings (SSSR count). The van der Waals surface area contributed by atoms with Crippen molar-refractivity contribution in [1.82, 2.24) is 4.90 Å². The van der Waals surface area contributed by atoms with Crippen LogP contribution < -0.4 is 5.32 Å². The van der Waals surface area contributed by atoms with E-state index in [1.54, 1.807) is 35.2 Å². The molecule has 0 unspecified atom stereocenters. The normalized spacial score (nSPS) is 14.9. The smallest absolute Gasteiger partial charge is 0.288 e. The highest BCUT2D eigenvalue weighted by atomic mass is 32.2. The first-order chi connectivity index (χ1) is 13.4. The highest BCUT2D eigenvalue weighted by molar-refractivity contribution is 7.99. The third-order valence-corrected chi connectivity index (χ3v) is 5.36. The van der Waals surface area contributed by atoms with E-state index in [0.717, 1.165) is 0 Å². The summed E-state index contributed by atoms with van der Waals surface area (Å²) in [5.41, 5.74) is 0.809. The zero-order chi connectivity index (χ0) is 20.1. The molecule has 2 N–H and O–H groups in total. The van der Waals surface area contributed by atoms with Gasteiger partial charge in [0.2, 0.25) is 5.91 Å². The second-order valence-electron chi connectivity index (χ2n) is 6.48. The average Bonchev–Trinajstić information content (AvgIpc) is 2.69. The zero-order valence-corrected chi connectivity index (χ0v) is 15.8. The minimum atomic E-state index is -2.50. The number of rotatable bonds is 5. The lowest BCUT2D eigenvalue weighted by Crippen LogP contribution is -2.41. The predicted molar refractivity (Wildman–Crippen MR) is 104 cm³/mol. The Kier molecular flexibility index (Phi) is 6.51. The van der Waals surface area contributed by atoms with Gasteiger partial charge in [0.1, 0.15) is 5.75 Å². The molecule has 1 fully saturated rings. The van der Waals surface area contributed by atoms with Gasteiger partial charge in [-0.25, -0.2) is 0 Å². The first-order valence-electron chi connectivity index (χ1n) is 8.87. The summed E-state index contributed by atoms with van der Waals surface area (Å²) in [6, 6.07) is 12.6. The first kappa shape index (κ1) is 20.1. The number of amides is 2. The maximum Gasteiger partial charge on any atom is 0.288 e. The number of likely N-dealkylation sites (tertiary alicyclic amines) is 1. The molecule has 1 heterocycles. The van der Waals surface area contributed by atoms with Crippen LogP contribution in [0.2, 0.25) is 0 Å². The lowest BCUT2D eigenvalue weighted by Gasteiger charge is -2.31. The van der Waals surface area contributed by atoms with Gasteiger partial charge in [0, 0.05) is 29.5 Å². The lowest BCUT2D eigenvalue weighted by atomic mass is 9.95. The molecule has 0 radical (unpaired) electrons. The number of benzene rings is 2. The highest BCUT2D eigenvalue weighted by Crippen LogP contribution is 2.27. The summed E-state index contributed by atoms with van der Waals surface area (Å²) in [5.74, 6) is -3.08. The van der Waals surface area contributed by atoms with Gasteiger partial charge in [0.05, 0.1) is 5.69 Å². The molecule has 1 aliphatic rings. The first-order valence-corrected chi connectivity index (χ1v) is 9.75. The molecule has 8 heteroatoms. The Bertz CT molecular complexity index is 838. The number of nitrogens with one attached hydrogen (secondary N) is 1. The van der Waals surface area contributed by atoms with Gasteiger partial charge < -0.3 is 15.3 Å². The van der Waals surface area contributed by atoms with Gasteiger partial charge in [-0.15, -0.1) is 0 Å². The number of para-hydroxylation sites is 2. The molecule has 2 aromatic rings. The van der Waals surface area contributed by atoms with Crippen molar-refractivity contribution in [2.75, 3.05) is 18.4 Å². The summed E-state index contributed by atoms with van der Waals surface area (Å²) in [5, 5.41) is 12.5. The van der Waals surface area contributed by atoms with Gasteiger partial charge in [0.25, 0.3) is 11.7 Å². The molecule has 1 saturated heterocycles. The van der Waals surface area contributed by atoms with Crippen LogP contribution in [0.15, 0.2) is 53.4 Å². The quantitative estimate of drug-likeness (QED) is 0.577. The van der Waals surface area contributed by atoms with E-state index in [-0.39, 0.29) is 23.5 Å². The maximum atomic E-state index is 12.6. The number of piperidine rings is 1. The number of carbonyl (C=O) groups excluding carboxylic acids is 2. The molecule has 0 saturated carbocycles. The second kappa shape index (κ2) is 9.05. The summed E-state index contributed by atoms with van der Waals surface area (Å²) in [6.45, 7) is 0.871. The Labute approximate surface area is 165 Å². The Morgan fingerprint density at radius 1 is 1.07 bits per heavy atom. The minimum Gasteiger partial charge on any atom is -0.506 e. The van der Waals surface area contributed by atoms with Crippen LogP contribution in [-0.4, -0.2) is 40.7 Å². The second-order valence-corrected chi connectivity index (χ2v) is 7.54. The molecule has 0 bridgehead atoms. The monoisotopic (exact) mass is 406 g/mol. The number of phenols is 1. The fourth-order valence-corrected chi connectivity index (χ4v) is 3.62. The van der Waals surface area contributed by atoms with Gasteiger partial charge in [-0.3, -0.25) is 9.59 Å². The van der Waals surface area contributed by atoms with Crippen molar-refractivity contribution in [3.63, 3.8) is 0 Å². The van der Waals surface area contributed by atoms with E-state index in [4.69, 9.17) is 0 Å². The molecule has 0 aromatic heterocycles. The molecule has 148 valence electrons. The lowest BCUT2D eigenvalue weighted by molar-refractivity contribution is -0.121. The van der Waals surface area contributed by atoms with Crippen molar-refractivity contribution in [1.29, 1.82) is 0 Å². The Morgan fingerprint density at radius 3 is 2.32 bits per heavy atom. The molecule has 2 aromatic carbocycles. The molecule has 5 nitrogen and oxygen atoms in total. The molecule has 1 aliphatic heterocycles. The van der Waals surface area contributed by atoms with Crippen molar-refractivity contribution in [3.05, 3.63) is 54.1 Å². The number of nitrogens with zero attached hydrogens (tertiary/aromatic N) is 1. The fraction of sp³-hybridized carbons (Fsp3) is 0.300. The predicted octanol–water partition coefficient (Wildman–Crippen LogP) is 4.20. The van der Waals surface area contributed by atoms with Gasteiger partial charge in [0.15, 0.2) is 0 Å². The number of aromatic hydroxyl groups is 1. The molecular weight excluding hydrogens is 386 g/mol. The van der Waals surface area contributed by atoms with E-state index >= 15 is 0 Å². The van der Waals surface area contributed by atoms with Crippen LogP contribution in [0.4, 0.5) is 14.5 Å². The summed E-state index contributed by atoms with van der Waals surface area (Å²) in [7, 11) is 0. The summed E-state index contributed by atoms with van der Waals surface area (Å²) >= 11 is 0.439. The largest absolute Gasteiger partial charge is 0.506 e. The molecule has 0 spiro atoms. The standard InChI is InChI=1S/C20H20F2N2O3S/c21-20(22)28-15-7-5-14(6-8-15)19(27)24-11-9-13(10-12-24)18(26)23-16-3-1-2-4-17(16)25/h1-8,13,20,25H,9-12H2,(H,23,26). The SMILES string of the molecule is O=C(Nc1ccccc1O)C1CCN(C(=O)c2ccc(SC(F)F)cc2)CC1.